The topological polar surface area (TPSA) is 29.9 Å². The van der Waals surface area contributed by atoms with Crippen LogP contribution in [0, 0.1) is 6.92 Å². The maximum absolute atomic E-state index is 4.38. The van der Waals surface area contributed by atoms with Crippen molar-refractivity contribution in [1.82, 2.24) is 15.1 Å². The zero-order valence-corrected chi connectivity index (χ0v) is 9.79. The number of allylic oxidation sites excluding steroid dienone is 1. The SMILES string of the molecule is C=CCCCn1ncc(CNCC)c1C. The van der Waals surface area contributed by atoms with Crippen molar-refractivity contribution in [3.05, 3.63) is 30.1 Å². The van der Waals surface area contributed by atoms with Crippen molar-refractivity contribution in [1.29, 1.82) is 0 Å². The van der Waals surface area contributed by atoms with Gasteiger partial charge in [-0.05, 0) is 26.3 Å². The second-order valence-electron chi connectivity index (χ2n) is 3.69. The molecule has 0 aromatic carbocycles. The third-order valence-electron chi connectivity index (χ3n) is 2.55. The van der Waals surface area contributed by atoms with E-state index in [9.17, 15) is 0 Å². The molecule has 0 radical (unpaired) electrons. The summed E-state index contributed by atoms with van der Waals surface area (Å²) in [5.74, 6) is 0. The number of nitrogens with one attached hydrogen (secondary N) is 1. The van der Waals surface area contributed by atoms with Crippen molar-refractivity contribution < 1.29 is 0 Å². The Hall–Kier alpha value is -1.09. The highest BCUT2D eigenvalue weighted by Crippen LogP contribution is 2.08. The van der Waals surface area contributed by atoms with Crippen LogP contribution < -0.4 is 5.32 Å². The minimum absolute atomic E-state index is 0.920. The molecule has 1 heterocycles. The predicted molar refractivity (Wildman–Crippen MR) is 63.8 cm³/mol. The van der Waals surface area contributed by atoms with E-state index in [1.165, 1.54) is 11.3 Å². The quantitative estimate of drug-likeness (QED) is 0.549. The fourth-order valence-corrected chi connectivity index (χ4v) is 1.53. The van der Waals surface area contributed by atoms with Gasteiger partial charge in [0.15, 0.2) is 0 Å². The number of nitrogens with zero attached hydrogens (tertiary/aromatic N) is 2. The first-order valence-corrected chi connectivity index (χ1v) is 5.62. The molecule has 0 spiro atoms. The minimum atomic E-state index is 0.920. The maximum atomic E-state index is 4.38. The molecule has 0 atom stereocenters. The summed E-state index contributed by atoms with van der Waals surface area (Å²) in [6.07, 6.45) is 6.10. The summed E-state index contributed by atoms with van der Waals surface area (Å²) in [5.41, 5.74) is 2.58. The van der Waals surface area contributed by atoms with Crippen LogP contribution in [0.4, 0.5) is 0 Å². The lowest BCUT2D eigenvalue weighted by molar-refractivity contribution is 0.568. The molecule has 0 amide bonds. The molecule has 3 heteroatoms. The number of hydrogen-bond acceptors (Lipinski definition) is 2. The zero-order valence-electron chi connectivity index (χ0n) is 9.79. The van der Waals surface area contributed by atoms with Crippen LogP contribution in [0.15, 0.2) is 18.9 Å². The Morgan fingerprint density at radius 3 is 3.07 bits per heavy atom. The highest BCUT2D eigenvalue weighted by Gasteiger charge is 2.04. The van der Waals surface area contributed by atoms with E-state index in [1.807, 2.05) is 12.3 Å². The van der Waals surface area contributed by atoms with E-state index in [2.05, 4.69) is 35.5 Å². The van der Waals surface area contributed by atoms with E-state index in [0.29, 0.717) is 0 Å². The molecule has 0 unspecified atom stereocenters. The summed E-state index contributed by atoms with van der Waals surface area (Å²) in [6.45, 7) is 10.9. The maximum Gasteiger partial charge on any atom is 0.0537 e. The summed E-state index contributed by atoms with van der Waals surface area (Å²) in [5, 5.41) is 7.70. The molecule has 0 aliphatic carbocycles. The van der Waals surface area contributed by atoms with Gasteiger partial charge in [0.1, 0.15) is 0 Å². The average molecular weight is 207 g/mol. The van der Waals surface area contributed by atoms with Crippen molar-refractivity contribution in [2.24, 2.45) is 0 Å². The van der Waals surface area contributed by atoms with Gasteiger partial charge in [0.2, 0.25) is 0 Å². The molecule has 0 aliphatic rings. The first-order valence-electron chi connectivity index (χ1n) is 5.62. The van der Waals surface area contributed by atoms with Gasteiger partial charge in [-0.1, -0.05) is 13.0 Å². The summed E-state index contributed by atoms with van der Waals surface area (Å²) < 4.78 is 2.08. The normalized spacial score (nSPS) is 10.5. The van der Waals surface area contributed by atoms with Gasteiger partial charge < -0.3 is 5.32 Å². The Bertz CT molecular complexity index is 302. The third kappa shape index (κ3) is 3.51. The second kappa shape index (κ2) is 6.40. The van der Waals surface area contributed by atoms with Crippen molar-refractivity contribution in [3.8, 4) is 0 Å². The van der Waals surface area contributed by atoms with Crippen molar-refractivity contribution in [2.75, 3.05) is 6.54 Å². The standard InChI is InChI=1S/C12H21N3/c1-4-6-7-8-15-11(3)12(10-14-15)9-13-5-2/h4,10,13H,1,5-9H2,2-3H3. The molecular weight excluding hydrogens is 186 g/mol. The Kier molecular flexibility index (Phi) is 5.12. The van der Waals surface area contributed by atoms with Gasteiger partial charge in [0.25, 0.3) is 0 Å². The first-order chi connectivity index (χ1) is 7.29. The molecule has 1 N–H and O–H groups in total. The van der Waals surface area contributed by atoms with Gasteiger partial charge >= 0.3 is 0 Å². The van der Waals surface area contributed by atoms with Crippen LogP contribution in [0.25, 0.3) is 0 Å². The van der Waals surface area contributed by atoms with E-state index < -0.39 is 0 Å². The van der Waals surface area contributed by atoms with Gasteiger partial charge in [-0.15, -0.1) is 6.58 Å². The van der Waals surface area contributed by atoms with E-state index in [4.69, 9.17) is 0 Å². The van der Waals surface area contributed by atoms with Crippen LogP contribution in [0.1, 0.15) is 31.0 Å². The Morgan fingerprint density at radius 1 is 1.60 bits per heavy atom. The Morgan fingerprint density at radius 2 is 2.40 bits per heavy atom. The monoisotopic (exact) mass is 207 g/mol. The molecule has 1 aromatic rings. The van der Waals surface area contributed by atoms with Crippen LogP contribution in [0.5, 0.6) is 0 Å². The van der Waals surface area contributed by atoms with Gasteiger partial charge in [-0.25, -0.2) is 0 Å². The molecule has 84 valence electrons. The fraction of sp³-hybridized carbons (Fsp3) is 0.583. The smallest absolute Gasteiger partial charge is 0.0537 e. The van der Waals surface area contributed by atoms with Crippen LogP contribution in [0.2, 0.25) is 0 Å². The molecule has 1 aromatic heterocycles. The van der Waals surface area contributed by atoms with Crippen LogP contribution in [-0.2, 0) is 13.1 Å². The fourth-order valence-electron chi connectivity index (χ4n) is 1.53. The van der Waals surface area contributed by atoms with Gasteiger partial charge in [0, 0.05) is 24.3 Å². The average Bonchev–Trinajstić information content (AvgIpc) is 2.58. The van der Waals surface area contributed by atoms with Gasteiger partial charge in [-0.3, -0.25) is 4.68 Å². The lowest BCUT2D eigenvalue weighted by atomic mass is 10.2. The molecule has 3 nitrogen and oxygen atoms in total. The van der Waals surface area contributed by atoms with Crippen molar-refractivity contribution in [2.45, 2.75) is 39.8 Å². The molecule has 0 saturated carbocycles. The van der Waals surface area contributed by atoms with Gasteiger partial charge in [0.05, 0.1) is 6.20 Å². The highest BCUT2D eigenvalue weighted by molar-refractivity contribution is 5.15. The van der Waals surface area contributed by atoms with Crippen LogP contribution in [-0.4, -0.2) is 16.3 Å². The van der Waals surface area contributed by atoms with E-state index in [0.717, 1.165) is 32.5 Å². The molecule has 0 aliphatic heterocycles. The molecule has 0 saturated heterocycles. The minimum Gasteiger partial charge on any atom is -0.313 e. The van der Waals surface area contributed by atoms with Crippen LogP contribution in [0.3, 0.4) is 0 Å². The number of aromatic nitrogens is 2. The van der Waals surface area contributed by atoms with E-state index in [1.54, 1.807) is 0 Å². The van der Waals surface area contributed by atoms with E-state index >= 15 is 0 Å². The molecule has 15 heavy (non-hydrogen) atoms. The van der Waals surface area contributed by atoms with E-state index in [-0.39, 0.29) is 0 Å². The van der Waals surface area contributed by atoms with Crippen molar-refractivity contribution >= 4 is 0 Å². The molecule has 1 rings (SSSR count). The Labute approximate surface area is 92.2 Å². The lowest BCUT2D eigenvalue weighted by Gasteiger charge is -2.04. The third-order valence-corrected chi connectivity index (χ3v) is 2.55. The Balaban J connectivity index is 2.50. The summed E-state index contributed by atoms with van der Waals surface area (Å²) in [7, 11) is 0. The predicted octanol–water partition coefficient (Wildman–Crippen LogP) is 2.27. The molecular formula is C12H21N3. The van der Waals surface area contributed by atoms with Crippen molar-refractivity contribution in [3.63, 3.8) is 0 Å². The number of aryl methyl sites for hydroxylation is 1. The molecule has 0 bridgehead atoms. The lowest BCUT2D eigenvalue weighted by Crippen LogP contribution is -2.12. The highest BCUT2D eigenvalue weighted by atomic mass is 15.3. The summed E-state index contributed by atoms with van der Waals surface area (Å²) >= 11 is 0. The number of rotatable bonds is 7. The first kappa shape index (κ1) is 12.0. The van der Waals surface area contributed by atoms with Gasteiger partial charge in [-0.2, -0.15) is 5.10 Å². The number of unbranched alkanes of at least 4 members (excludes halogenated alkanes) is 1. The van der Waals surface area contributed by atoms with Crippen LogP contribution >= 0.6 is 0 Å². The zero-order chi connectivity index (χ0) is 11.1. The second-order valence-corrected chi connectivity index (χ2v) is 3.69. The summed E-state index contributed by atoms with van der Waals surface area (Å²) in [4.78, 5) is 0. The number of hydrogen-bond donors (Lipinski definition) is 1. The molecule has 0 fully saturated rings. The largest absolute Gasteiger partial charge is 0.313 e. The summed E-state index contributed by atoms with van der Waals surface area (Å²) in [6, 6.07) is 0.